The average molecular weight is 280 g/mol. The van der Waals surface area contributed by atoms with E-state index in [4.69, 9.17) is 5.11 Å². The van der Waals surface area contributed by atoms with E-state index in [1.807, 2.05) is 11.8 Å². The van der Waals surface area contributed by atoms with Crippen LogP contribution in [0.4, 0.5) is 17.3 Å². The van der Waals surface area contributed by atoms with Crippen molar-refractivity contribution in [2.45, 2.75) is 19.8 Å². The Morgan fingerprint density at radius 1 is 1.50 bits per heavy atom. The molecule has 0 saturated carbocycles. The number of hydrogen-bond donors (Lipinski definition) is 2. The Balaban J connectivity index is 2.20. The molecule has 2 N–H and O–H groups in total. The molecular formula is C13H20N4O3. The Labute approximate surface area is 117 Å². The second-order valence-corrected chi connectivity index (χ2v) is 4.97. The summed E-state index contributed by atoms with van der Waals surface area (Å²) in [6.07, 6.45) is 1.77. The van der Waals surface area contributed by atoms with Gasteiger partial charge in [0.25, 0.3) is 5.69 Å². The lowest BCUT2D eigenvalue weighted by molar-refractivity contribution is -0.384. The monoisotopic (exact) mass is 280 g/mol. The molecule has 1 aliphatic rings. The number of piperidine rings is 1. The summed E-state index contributed by atoms with van der Waals surface area (Å²) in [5.74, 6) is 1.49. The molecule has 1 saturated heterocycles. The highest BCUT2D eigenvalue weighted by molar-refractivity contribution is 5.56. The molecule has 7 nitrogen and oxygen atoms in total. The van der Waals surface area contributed by atoms with Gasteiger partial charge < -0.3 is 15.3 Å². The topological polar surface area (TPSA) is 91.5 Å². The van der Waals surface area contributed by atoms with E-state index >= 15 is 0 Å². The predicted octanol–water partition coefficient (Wildman–Crippen LogP) is 1.63. The fraction of sp³-hybridized carbons (Fsp3) is 0.615. The minimum absolute atomic E-state index is 0.0511. The van der Waals surface area contributed by atoms with Crippen LogP contribution in [0.2, 0.25) is 0 Å². The van der Waals surface area contributed by atoms with E-state index in [-0.39, 0.29) is 12.3 Å². The van der Waals surface area contributed by atoms with Gasteiger partial charge in [-0.1, -0.05) is 0 Å². The maximum atomic E-state index is 11.0. The molecule has 0 aliphatic carbocycles. The van der Waals surface area contributed by atoms with Crippen molar-refractivity contribution in [1.29, 1.82) is 0 Å². The summed E-state index contributed by atoms with van der Waals surface area (Å²) in [4.78, 5) is 17.1. The first kappa shape index (κ1) is 14.5. The minimum Gasteiger partial charge on any atom is -0.396 e. The van der Waals surface area contributed by atoms with E-state index in [2.05, 4.69) is 10.3 Å². The fourth-order valence-electron chi connectivity index (χ4n) is 2.39. The second-order valence-electron chi connectivity index (χ2n) is 4.97. The molecule has 20 heavy (non-hydrogen) atoms. The Morgan fingerprint density at radius 3 is 2.75 bits per heavy atom. The van der Waals surface area contributed by atoms with Crippen molar-refractivity contribution in [2.75, 3.05) is 36.5 Å². The number of aromatic nitrogens is 1. The number of hydrogen-bond acceptors (Lipinski definition) is 6. The highest BCUT2D eigenvalue weighted by Gasteiger charge is 2.21. The van der Waals surface area contributed by atoms with E-state index in [0.29, 0.717) is 24.1 Å². The molecule has 0 amide bonds. The van der Waals surface area contributed by atoms with Crippen molar-refractivity contribution in [3.63, 3.8) is 0 Å². The van der Waals surface area contributed by atoms with Crippen LogP contribution in [0.5, 0.6) is 0 Å². The first-order chi connectivity index (χ1) is 9.63. The summed E-state index contributed by atoms with van der Waals surface area (Å²) >= 11 is 0. The van der Waals surface area contributed by atoms with Crippen molar-refractivity contribution in [3.8, 4) is 0 Å². The van der Waals surface area contributed by atoms with E-state index in [1.54, 1.807) is 0 Å². The lowest BCUT2D eigenvalue weighted by atomic mass is 9.98. The lowest BCUT2D eigenvalue weighted by Gasteiger charge is -2.32. The highest BCUT2D eigenvalue weighted by Crippen LogP contribution is 2.27. The third kappa shape index (κ3) is 3.36. The molecule has 0 aromatic carbocycles. The molecular weight excluding hydrogens is 260 g/mol. The van der Waals surface area contributed by atoms with Crippen LogP contribution in [-0.4, -0.2) is 41.3 Å². The van der Waals surface area contributed by atoms with Crippen LogP contribution in [0.3, 0.4) is 0 Å². The quantitative estimate of drug-likeness (QED) is 0.629. The van der Waals surface area contributed by atoms with Gasteiger partial charge in [0.15, 0.2) is 0 Å². The van der Waals surface area contributed by atoms with Crippen molar-refractivity contribution in [2.24, 2.45) is 5.92 Å². The SMILES string of the molecule is CCNc1cc([N+](=O)[O-])cc(N2CCC(CO)CC2)n1. The smallest absolute Gasteiger partial charge is 0.276 e. The van der Waals surface area contributed by atoms with Crippen LogP contribution in [0.1, 0.15) is 19.8 Å². The van der Waals surface area contributed by atoms with Gasteiger partial charge in [-0.05, 0) is 25.7 Å². The first-order valence-electron chi connectivity index (χ1n) is 6.90. The van der Waals surface area contributed by atoms with Crippen LogP contribution in [0.15, 0.2) is 12.1 Å². The Morgan fingerprint density at radius 2 is 2.20 bits per heavy atom. The molecule has 7 heteroatoms. The summed E-state index contributed by atoms with van der Waals surface area (Å²) in [5, 5.41) is 23.2. The van der Waals surface area contributed by atoms with Crippen LogP contribution in [-0.2, 0) is 0 Å². The molecule has 0 atom stereocenters. The third-order valence-corrected chi connectivity index (χ3v) is 3.56. The predicted molar refractivity (Wildman–Crippen MR) is 77.1 cm³/mol. The molecule has 0 bridgehead atoms. The number of aliphatic hydroxyl groups is 1. The zero-order valence-corrected chi connectivity index (χ0v) is 11.6. The summed E-state index contributed by atoms with van der Waals surface area (Å²) in [6.45, 7) is 4.34. The standard InChI is InChI=1S/C13H20N4O3/c1-2-14-12-7-11(17(19)20)8-13(15-12)16-5-3-10(9-18)4-6-16/h7-8,10,18H,2-6,9H2,1H3,(H,14,15). The normalized spacial score (nSPS) is 16.2. The summed E-state index contributed by atoms with van der Waals surface area (Å²) < 4.78 is 0. The number of nitro groups is 1. The number of nitrogens with zero attached hydrogens (tertiary/aromatic N) is 3. The molecule has 1 aromatic rings. The van der Waals surface area contributed by atoms with Crippen molar-refractivity contribution < 1.29 is 10.0 Å². The molecule has 2 rings (SSSR count). The van der Waals surface area contributed by atoms with E-state index in [9.17, 15) is 10.1 Å². The molecule has 0 unspecified atom stereocenters. The van der Waals surface area contributed by atoms with Gasteiger partial charge in [-0.25, -0.2) is 4.98 Å². The van der Waals surface area contributed by atoms with E-state index in [1.165, 1.54) is 12.1 Å². The lowest BCUT2D eigenvalue weighted by Crippen LogP contribution is -2.35. The fourth-order valence-corrected chi connectivity index (χ4v) is 2.39. The number of aliphatic hydroxyl groups excluding tert-OH is 1. The second kappa shape index (κ2) is 6.51. The number of rotatable bonds is 5. The summed E-state index contributed by atoms with van der Waals surface area (Å²) in [7, 11) is 0. The molecule has 110 valence electrons. The number of nitrogens with one attached hydrogen (secondary N) is 1. The largest absolute Gasteiger partial charge is 0.396 e. The van der Waals surface area contributed by atoms with Gasteiger partial charge in [-0.15, -0.1) is 0 Å². The van der Waals surface area contributed by atoms with Crippen LogP contribution < -0.4 is 10.2 Å². The van der Waals surface area contributed by atoms with E-state index < -0.39 is 4.92 Å². The maximum Gasteiger partial charge on any atom is 0.276 e. The van der Waals surface area contributed by atoms with Gasteiger partial charge in [0.1, 0.15) is 11.6 Å². The van der Waals surface area contributed by atoms with Gasteiger partial charge in [0, 0.05) is 26.2 Å². The van der Waals surface area contributed by atoms with Crippen LogP contribution >= 0.6 is 0 Å². The number of anilines is 2. The van der Waals surface area contributed by atoms with Crippen LogP contribution in [0, 0.1) is 16.0 Å². The maximum absolute atomic E-state index is 11.0. The third-order valence-electron chi connectivity index (χ3n) is 3.56. The van der Waals surface area contributed by atoms with E-state index in [0.717, 1.165) is 25.9 Å². The molecule has 2 heterocycles. The Kier molecular flexibility index (Phi) is 4.73. The zero-order valence-electron chi connectivity index (χ0n) is 11.6. The Bertz CT molecular complexity index is 473. The molecule has 1 aliphatic heterocycles. The van der Waals surface area contributed by atoms with Crippen molar-refractivity contribution in [3.05, 3.63) is 22.2 Å². The molecule has 0 spiro atoms. The van der Waals surface area contributed by atoms with Gasteiger partial charge >= 0.3 is 0 Å². The molecule has 1 fully saturated rings. The summed E-state index contributed by atoms with van der Waals surface area (Å²) in [6, 6.07) is 2.97. The van der Waals surface area contributed by atoms with Crippen molar-refractivity contribution >= 4 is 17.3 Å². The van der Waals surface area contributed by atoms with Gasteiger partial charge in [-0.3, -0.25) is 10.1 Å². The van der Waals surface area contributed by atoms with Crippen molar-refractivity contribution in [1.82, 2.24) is 4.98 Å². The first-order valence-corrected chi connectivity index (χ1v) is 6.90. The van der Waals surface area contributed by atoms with Gasteiger partial charge in [0.05, 0.1) is 17.1 Å². The van der Waals surface area contributed by atoms with Gasteiger partial charge in [0.2, 0.25) is 0 Å². The summed E-state index contributed by atoms with van der Waals surface area (Å²) in [5.41, 5.74) is 0.0511. The molecule has 1 aromatic heterocycles. The minimum atomic E-state index is -0.396. The average Bonchev–Trinajstić information content (AvgIpc) is 2.47. The zero-order chi connectivity index (χ0) is 14.5. The van der Waals surface area contributed by atoms with Crippen LogP contribution in [0.25, 0.3) is 0 Å². The Hall–Kier alpha value is -1.89. The van der Waals surface area contributed by atoms with Gasteiger partial charge in [-0.2, -0.15) is 0 Å². The number of pyridine rings is 1. The highest BCUT2D eigenvalue weighted by atomic mass is 16.6. The molecule has 0 radical (unpaired) electrons.